The Kier molecular flexibility index (Phi) is 7.56. The van der Waals surface area contributed by atoms with Crippen LogP contribution in [0.1, 0.15) is 33.8 Å². The van der Waals surface area contributed by atoms with Gasteiger partial charge in [0.05, 0.1) is 0 Å². The second kappa shape index (κ2) is 11.0. The Morgan fingerprint density at radius 1 is 1.12 bits per heavy atom. The monoisotopic (exact) mass is 496 g/mol. The van der Waals surface area contributed by atoms with Crippen molar-refractivity contribution in [2.24, 2.45) is 0 Å². The molecule has 0 aliphatic carbocycles. The highest BCUT2D eigenvalue weighted by Crippen LogP contribution is 2.22. The van der Waals surface area contributed by atoms with Gasteiger partial charge in [0.1, 0.15) is 12.4 Å². The maximum atomic E-state index is 12.3. The molecule has 2 N–H and O–H groups in total. The summed E-state index contributed by atoms with van der Waals surface area (Å²) in [6.45, 7) is 2.26. The number of hydrogen-bond donors (Lipinski definition) is 2. The highest BCUT2D eigenvalue weighted by molar-refractivity contribution is 7.08. The molecule has 34 heavy (non-hydrogen) atoms. The van der Waals surface area contributed by atoms with Crippen LogP contribution in [-0.4, -0.2) is 22.0 Å². The van der Waals surface area contributed by atoms with Crippen LogP contribution in [0.25, 0.3) is 11.4 Å². The van der Waals surface area contributed by atoms with E-state index >= 15 is 0 Å². The standard InChI is InChI=1S/C24H21ClN4O4S/c1-15-12-19(6-7-20(15)25)32-13-16-2-4-17(5-3-16)24(31)28-27-21(30)8-9-22-26-23(29-33-22)18-10-11-34-14-18/h2-7,10-12,14H,8-9,13H2,1H3,(H,27,30)(H,28,31). The predicted octanol–water partition coefficient (Wildman–Crippen LogP) is 4.73. The molecule has 0 radical (unpaired) electrons. The van der Waals surface area contributed by atoms with Crippen LogP contribution in [0.3, 0.4) is 0 Å². The van der Waals surface area contributed by atoms with Crippen LogP contribution in [-0.2, 0) is 17.8 Å². The number of amides is 2. The van der Waals surface area contributed by atoms with E-state index in [4.69, 9.17) is 20.9 Å². The summed E-state index contributed by atoms with van der Waals surface area (Å²) in [6, 6.07) is 14.3. The zero-order valence-electron chi connectivity index (χ0n) is 18.2. The van der Waals surface area contributed by atoms with E-state index in [0.717, 1.165) is 22.4 Å². The number of carbonyl (C=O) groups is 2. The highest BCUT2D eigenvalue weighted by Gasteiger charge is 2.12. The molecule has 174 valence electrons. The number of thiophene rings is 1. The minimum Gasteiger partial charge on any atom is -0.489 e. The van der Waals surface area contributed by atoms with Gasteiger partial charge in [-0.05, 0) is 59.8 Å². The van der Waals surface area contributed by atoms with Gasteiger partial charge in [0.2, 0.25) is 17.6 Å². The van der Waals surface area contributed by atoms with Crippen molar-refractivity contribution in [1.82, 2.24) is 21.0 Å². The molecular weight excluding hydrogens is 476 g/mol. The van der Waals surface area contributed by atoms with Crippen LogP contribution < -0.4 is 15.6 Å². The van der Waals surface area contributed by atoms with Crippen molar-refractivity contribution in [1.29, 1.82) is 0 Å². The van der Waals surface area contributed by atoms with Crippen molar-refractivity contribution in [2.45, 2.75) is 26.4 Å². The van der Waals surface area contributed by atoms with Crippen molar-refractivity contribution in [3.8, 4) is 17.1 Å². The molecule has 0 spiro atoms. The van der Waals surface area contributed by atoms with E-state index in [1.807, 2.05) is 29.8 Å². The molecule has 2 aromatic carbocycles. The van der Waals surface area contributed by atoms with Gasteiger partial charge < -0.3 is 9.26 Å². The molecular formula is C24H21ClN4O4S. The zero-order valence-corrected chi connectivity index (χ0v) is 19.8. The Bertz CT molecular complexity index is 1270. The average molecular weight is 497 g/mol. The summed E-state index contributed by atoms with van der Waals surface area (Å²) < 4.78 is 10.9. The number of aromatic nitrogens is 2. The van der Waals surface area contributed by atoms with Gasteiger partial charge in [-0.2, -0.15) is 16.3 Å². The molecule has 2 aromatic heterocycles. The van der Waals surface area contributed by atoms with Gasteiger partial charge in [0.25, 0.3) is 5.91 Å². The van der Waals surface area contributed by atoms with Crippen LogP contribution in [0.2, 0.25) is 5.02 Å². The molecule has 0 atom stereocenters. The maximum absolute atomic E-state index is 12.3. The number of nitrogens with one attached hydrogen (secondary N) is 2. The lowest BCUT2D eigenvalue weighted by atomic mass is 10.1. The van der Waals surface area contributed by atoms with Gasteiger partial charge in [-0.15, -0.1) is 0 Å². The molecule has 0 saturated heterocycles. The van der Waals surface area contributed by atoms with E-state index in [2.05, 4.69) is 21.0 Å². The summed E-state index contributed by atoms with van der Waals surface area (Å²) in [5.74, 6) is 0.768. The third-order valence-corrected chi connectivity index (χ3v) is 5.99. The summed E-state index contributed by atoms with van der Waals surface area (Å²) in [4.78, 5) is 28.6. The number of aryl methyl sites for hydroxylation is 2. The second-order valence-corrected chi connectivity index (χ2v) is 8.61. The molecule has 8 nitrogen and oxygen atoms in total. The average Bonchev–Trinajstić information content (AvgIpc) is 3.54. The molecule has 2 heterocycles. The van der Waals surface area contributed by atoms with Crippen molar-refractivity contribution in [3.63, 3.8) is 0 Å². The smallest absolute Gasteiger partial charge is 0.269 e. The second-order valence-electron chi connectivity index (χ2n) is 7.42. The molecule has 0 fully saturated rings. The predicted molar refractivity (Wildman–Crippen MR) is 129 cm³/mol. The summed E-state index contributed by atoms with van der Waals surface area (Å²) in [7, 11) is 0. The molecule has 0 unspecified atom stereocenters. The first kappa shape index (κ1) is 23.5. The van der Waals surface area contributed by atoms with E-state index in [1.54, 1.807) is 36.4 Å². The van der Waals surface area contributed by atoms with Crippen LogP contribution in [0.5, 0.6) is 5.75 Å². The lowest BCUT2D eigenvalue weighted by molar-refractivity contribution is -0.121. The van der Waals surface area contributed by atoms with E-state index in [9.17, 15) is 9.59 Å². The number of ether oxygens (including phenoxy) is 1. The number of rotatable bonds is 8. The SMILES string of the molecule is Cc1cc(OCc2ccc(C(=O)NNC(=O)CCc3nc(-c4ccsc4)no3)cc2)ccc1Cl. The Morgan fingerprint density at radius 3 is 2.68 bits per heavy atom. The van der Waals surface area contributed by atoms with Gasteiger partial charge in [-0.3, -0.25) is 20.4 Å². The fourth-order valence-electron chi connectivity index (χ4n) is 2.97. The molecule has 0 aliphatic heterocycles. The van der Waals surface area contributed by atoms with Crippen molar-refractivity contribution < 1.29 is 18.8 Å². The quantitative estimate of drug-likeness (QED) is 0.341. The number of nitrogens with zero attached hydrogens (tertiary/aromatic N) is 2. The number of benzene rings is 2. The van der Waals surface area contributed by atoms with E-state index in [0.29, 0.717) is 28.9 Å². The summed E-state index contributed by atoms with van der Waals surface area (Å²) in [6.07, 6.45) is 0.354. The lowest BCUT2D eigenvalue weighted by Gasteiger charge is -2.09. The third kappa shape index (κ3) is 6.21. The third-order valence-electron chi connectivity index (χ3n) is 4.88. The number of hydrazine groups is 1. The lowest BCUT2D eigenvalue weighted by Crippen LogP contribution is -2.41. The van der Waals surface area contributed by atoms with Gasteiger partial charge in [-0.25, -0.2) is 0 Å². The first-order chi connectivity index (χ1) is 16.5. The summed E-state index contributed by atoms with van der Waals surface area (Å²) >= 11 is 7.56. The number of halogens is 1. The van der Waals surface area contributed by atoms with Crippen LogP contribution in [0, 0.1) is 6.92 Å². The van der Waals surface area contributed by atoms with Gasteiger partial charge in [-0.1, -0.05) is 28.9 Å². The number of hydrogen-bond acceptors (Lipinski definition) is 7. The molecule has 0 bridgehead atoms. The zero-order chi connectivity index (χ0) is 23.9. The van der Waals surface area contributed by atoms with Crippen LogP contribution in [0.4, 0.5) is 0 Å². The molecule has 0 saturated carbocycles. The van der Waals surface area contributed by atoms with E-state index in [-0.39, 0.29) is 18.7 Å². The van der Waals surface area contributed by atoms with E-state index < -0.39 is 5.91 Å². The fraction of sp³-hybridized carbons (Fsp3) is 0.167. The van der Waals surface area contributed by atoms with Crippen molar-refractivity contribution >= 4 is 34.8 Å². The minimum atomic E-state index is -0.424. The van der Waals surface area contributed by atoms with Crippen LogP contribution in [0.15, 0.2) is 63.8 Å². The molecule has 4 aromatic rings. The van der Waals surface area contributed by atoms with E-state index in [1.165, 1.54) is 11.3 Å². The minimum absolute atomic E-state index is 0.0893. The summed E-state index contributed by atoms with van der Waals surface area (Å²) in [5, 5.41) is 8.42. The molecule has 10 heteroatoms. The Balaban J connectivity index is 1.20. The maximum Gasteiger partial charge on any atom is 0.269 e. The Morgan fingerprint density at radius 2 is 1.94 bits per heavy atom. The van der Waals surface area contributed by atoms with Crippen molar-refractivity contribution in [2.75, 3.05) is 0 Å². The largest absolute Gasteiger partial charge is 0.489 e. The van der Waals surface area contributed by atoms with Crippen LogP contribution >= 0.6 is 22.9 Å². The van der Waals surface area contributed by atoms with Crippen molar-refractivity contribution in [3.05, 3.63) is 86.9 Å². The molecule has 4 rings (SSSR count). The Hall–Kier alpha value is -3.69. The Labute approximate surface area is 204 Å². The first-order valence-corrected chi connectivity index (χ1v) is 11.7. The molecule has 2 amide bonds. The topological polar surface area (TPSA) is 106 Å². The fourth-order valence-corrected chi connectivity index (χ4v) is 3.72. The first-order valence-electron chi connectivity index (χ1n) is 10.4. The molecule has 0 aliphatic rings. The summed E-state index contributed by atoms with van der Waals surface area (Å²) in [5.41, 5.74) is 7.91. The van der Waals surface area contributed by atoms with Gasteiger partial charge in [0, 0.05) is 34.4 Å². The van der Waals surface area contributed by atoms with Gasteiger partial charge >= 0.3 is 0 Å². The number of carbonyl (C=O) groups excluding carboxylic acids is 2. The van der Waals surface area contributed by atoms with Gasteiger partial charge in [0.15, 0.2) is 0 Å². The highest BCUT2D eigenvalue weighted by atomic mass is 35.5. The normalized spacial score (nSPS) is 10.6.